The molecule has 2 aliphatic rings. The number of ether oxygens (including phenoxy) is 2. The molecule has 0 saturated carbocycles. The minimum absolute atomic E-state index is 0.0443. The Morgan fingerprint density at radius 3 is 2.19 bits per heavy atom. The molecule has 32 heavy (non-hydrogen) atoms. The number of fused-ring (bicyclic) bond motifs is 6. The number of rotatable bonds is 4. The van der Waals surface area contributed by atoms with Crippen LogP contribution >= 0.6 is 0 Å². The van der Waals surface area contributed by atoms with Gasteiger partial charge in [0.15, 0.2) is 5.70 Å². The summed E-state index contributed by atoms with van der Waals surface area (Å²) in [4.78, 5) is 25.6. The van der Waals surface area contributed by atoms with Crippen LogP contribution in [0.4, 0.5) is 8.63 Å². The quantitative estimate of drug-likeness (QED) is 0.460. The van der Waals surface area contributed by atoms with Gasteiger partial charge in [-0.25, -0.2) is 9.59 Å². The number of halogens is 2. The van der Waals surface area contributed by atoms with E-state index in [1.165, 1.54) is 0 Å². The second kappa shape index (κ2) is 7.15. The summed E-state index contributed by atoms with van der Waals surface area (Å²) in [5.74, 6) is -1.69. The largest absolute Gasteiger partial charge is 0.738 e. The summed E-state index contributed by atoms with van der Waals surface area (Å²) in [6, 6.07) is 13.4. The Labute approximate surface area is 182 Å². The van der Waals surface area contributed by atoms with Crippen LogP contribution in [0.15, 0.2) is 48.5 Å². The van der Waals surface area contributed by atoms with Gasteiger partial charge in [-0.1, -0.05) is 36.4 Å². The Bertz CT molecular complexity index is 1370. The number of aromatic nitrogens is 1. The van der Waals surface area contributed by atoms with Crippen molar-refractivity contribution in [3.63, 3.8) is 0 Å². The lowest BCUT2D eigenvalue weighted by atomic mass is 9.90. The summed E-state index contributed by atoms with van der Waals surface area (Å²) >= 11 is 0. The molecule has 9 heteroatoms. The Morgan fingerprint density at radius 1 is 0.906 bits per heavy atom. The van der Waals surface area contributed by atoms with Gasteiger partial charge in [-0.2, -0.15) is 0 Å². The van der Waals surface area contributed by atoms with Crippen LogP contribution in [0.1, 0.15) is 41.2 Å². The molecule has 0 radical (unpaired) electrons. The summed E-state index contributed by atoms with van der Waals surface area (Å²) in [5, 5.41) is 0.873. The molecule has 0 spiro atoms. The zero-order valence-electron chi connectivity index (χ0n) is 17.5. The van der Waals surface area contributed by atoms with Crippen molar-refractivity contribution in [3.8, 4) is 0 Å². The summed E-state index contributed by atoms with van der Waals surface area (Å²) in [6.07, 6.45) is 1.59. The number of hydrogen-bond donors (Lipinski definition) is 0. The van der Waals surface area contributed by atoms with Crippen molar-refractivity contribution in [2.45, 2.75) is 13.8 Å². The van der Waals surface area contributed by atoms with E-state index in [-0.39, 0.29) is 36.0 Å². The van der Waals surface area contributed by atoms with Crippen molar-refractivity contribution in [1.29, 1.82) is 0 Å². The number of esters is 2. The minimum Gasteiger partial charge on any atom is -0.461 e. The molecular weight excluding hydrogens is 417 g/mol. The van der Waals surface area contributed by atoms with Crippen LogP contribution in [0.2, 0.25) is 0 Å². The molecule has 3 heterocycles. The molecule has 0 bridgehead atoms. The van der Waals surface area contributed by atoms with Crippen molar-refractivity contribution in [2.24, 2.45) is 0 Å². The number of carbonyl (C=O) groups excluding carboxylic acids is 2. The molecular formula is C23H19BF2N2O4. The lowest BCUT2D eigenvalue weighted by Crippen LogP contribution is -2.52. The number of nitrogens with zero attached hydrogens (tertiary/aromatic N) is 2. The van der Waals surface area contributed by atoms with Gasteiger partial charge in [0.05, 0.1) is 24.3 Å². The van der Waals surface area contributed by atoms with E-state index >= 15 is 8.63 Å². The SMILES string of the molecule is CCOC(=O)C1=[N+]2C(=Cc3c4ccccc4c(C(=O)OCC)n3[B-]2(F)F)c2ccccc21. The number of hydrogen-bond acceptors (Lipinski definition) is 4. The van der Waals surface area contributed by atoms with Gasteiger partial charge < -0.3 is 27.1 Å². The molecule has 0 atom stereocenters. The van der Waals surface area contributed by atoms with Crippen molar-refractivity contribution in [3.05, 3.63) is 71.0 Å². The third-order valence-electron chi connectivity index (χ3n) is 5.75. The maximum absolute atomic E-state index is 16.3. The second-order valence-electron chi connectivity index (χ2n) is 7.47. The average Bonchev–Trinajstić information content (AvgIpc) is 3.29. The molecule has 5 rings (SSSR count). The van der Waals surface area contributed by atoms with Crippen LogP contribution in [-0.2, 0) is 14.3 Å². The lowest BCUT2D eigenvalue weighted by molar-refractivity contribution is -0.318. The van der Waals surface area contributed by atoms with Gasteiger partial charge >= 0.3 is 18.9 Å². The Balaban J connectivity index is 1.90. The molecule has 162 valence electrons. The van der Waals surface area contributed by atoms with Crippen LogP contribution in [0, 0.1) is 0 Å². The molecule has 0 unspecified atom stereocenters. The predicted molar refractivity (Wildman–Crippen MR) is 117 cm³/mol. The Hall–Kier alpha value is -3.75. The summed E-state index contributed by atoms with van der Waals surface area (Å²) in [7, 11) is 0. The third-order valence-corrected chi connectivity index (χ3v) is 5.75. The number of benzene rings is 2. The van der Waals surface area contributed by atoms with Crippen LogP contribution in [-0.4, -0.2) is 46.8 Å². The van der Waals surface area contributed by atoms with Gasteiger partial charge in [-0.05, 0) is 26.0 Å². The van der Waals surface area contributed by atoms with Gasteiger partial charge in [0.25, 0.3) is 5.71 Å². The van der Waals surface area contributed by atoms with E-state index in [0.717, 1.165) is 8.96 Å². The maximum Gasteiger partial charge on any atom is 0.738 e. The summed E-state index contributed by atoms with van der Waals surface area (Å²) < 4.78 is 44.4. The van der Waals surface area contributed by atoms with Crippen molar-refractivity contribution < 1.29 is 32.2 Å². The first-order valence-corrected chi connectivity index (χ1v) is 10.4. The fourth-order valence-electron chi connectivity index (χ4n) is 4.59. The molecule has 0 fully saturated rings. The van der Waals surface area contributed by atoms with Crippen molar-refractivity contribution in [1.82, 2.24) is 4.48 Å². The van der Waals surface area contributed by atoms with Gasteiger partial charge in [-0.15, -0.1) is 0 Å². The monoisotopic (exact) mass is 436 g/mol. The van der Waals surface area contributed by atoms with E-state index in [4.69, 9.17) is 9.47 Å². The fourth-order valence-corrected chi connectivity index (χ4v) is 4.59. The highest BCUT2D eigenvalue weighted by Gasteiger charge is 2.58. The molecule has 0 N–H and O–H groups in total. The zero-order valence-corrected chi connectivity index (χ0v) is 17.5. The highest BCUT2D eigenvalue weighted by molar-refractivity contribution is 6.62. The molecule has 0 amide bonds. The Morgan fingerprint density at radius 2 is 1.50 bits per heavy atom. The maximum atomic E-state index is 16.3. The van der Waals surface area contributed by atoms with E-state index in [1.807, 2.05) is 0 Å². The topological polar surface area (TPSA) is 60.5 Å². The highest BCUT2D eigenvalue weighted by Crippen LogP contribution is 2.43. The average molecular weight is 436 g/mol. The van der Waals surface area contributed by atoms with Gasteiger partial charge in [0, 0.05) is 22.5 Å². The van der Waals surface area contributed by atoms with Crippen molar-refractivity contribution in [2.75, 3.05) is 13.2 Å². The molecule has 2 aliphatic heterocycles. The molecule has 1 aromatic heterocycles. The smallest absolute Gasteiger partial charge is 0.461 e. The van der Waals surface area contributed by atoms with Gasteiger partial charge in [0.1, 0.15) is 5.69 Å². The van der Waals surface area contributed by atoms with E-state index in [1.54, 1.807) is 68.5 Å². The van der Waals surface area contributed by atoms with Crippen molar-refractivity contribution >= 4 is 47.2 Å². The first-order valence-electron chi connectivity index (χ1n) is 10.4. The first-order chi connectivity index (χ1) is 15.4. The normalized spacial score (nSPS) is 15.7. The van der Waals surface area contributed by atoms with E-state index in [0.29, 0.717) is 21.9 Å². The van der Waals surface area contributed by atoms with Crippen LogP contribution < -0.4 is 0 Å². The standard InChI is InChI=1S/C23H19BF2N2O4/c1-3-31-22(29)20-16-11-7-5-9-14(16)18-13-19-15-10-6-8-12-17(15)21(23(30)32-4-2)28(19)24(25,26)27(18)20/h5-13H,3-4H2,1-2H3. The zero-order chi connectivity index (χ0) is 22.6. The molecule has 0 saturated heterocycles. The second-order valence-corrected chi connectivity index (χ2v) is 7.47. The lowest BCUT2D eigenvalue weighted by Gasteiger charge is -2.30. The molecule has 3 aromatic rings. The highest BCUT2D eigenvalue weighted by atomic mass is 19.2. The summed E-state index contributed by atoms with van der Waals surface area (Å²) in [5.41, 5.74) is 0.784. The van der Waals surface area contributed by atoms with E-state index in [9.17, 15) is 9.59 Å². The minimum atomic E-state index is -4.63. The fraction of sp³-hybridized carbons (Fsp3) is 0.174. The predicted octanol–water partition coefficient (Wildman–Crippen LogP) is 3.93. The molecule has 6 nitrogen and oxygen atoms in total. The number of carbonyl (C=O) groups is 2. The summed E-state index contributed by atoms with van der Waals surface area (Å²) in [6.45, 7) is -1.31. The third kappa shape index (κ3) is 2.60. The van der Waals surface area contributed by atoms with E-state index in [2.05, 4.69) is 0 Å². The van der Waals surface area contributed by atoms with Crippen LogP contribution in [0.5, 0.6) is 0 Å². The van der Waals surface area contributed by atoms with Crippen LogP contribution in [0.3, 0.4) is 0 Å². The van der Waals surface area contributed by atoms with E-state index < -0.39 is 18.9 Å². The van der Waals surface area contributed by atoms with Gasteiger partial charge in [0.2, 0.25) is 0 Å². The molecule has 0 aliphatic carbocycles. The van der Waals surface area contributed by atoms with Crippen LogP contribution in [0.25, 0.3) is 22.5 Å². The molecule has 2 aromatic carbocycles. The van der Waals surface area contributed by atoms with Gasteiger partial charge in [-0.3, -0.25) is 0 Å². The first kappa shape index (κ1) is 20.2. The Kier molecular flexibility index (Phi) is 4.51.